The second-order valence-electron chi connectivity index (χ2n) is 7.97. The van der Waals surface area contributed by atoms with Gasteiger partial charge in [-0.3, -0.25) is 4.79 Å². The number of aryl methyl sites for hydroxylation is 2. The Morgan fingerprint density at radius 3 is 2.24 bits per heavy atom. The Hall–Kier alpha value is -2.49. The molecule has 1 aliphatic rings. The molecule has 0 unspecified atom stereocenters. The van der Waals surface area contributed by atoms with Crippen molar-refractivity contribution in [2.24, 2.45) is 5.92 Å². The van der Waals surface area contributed by atoms with E-state index in [0.717, 1.165) is 35.3 Å². The van der Waals surface area contributed by atoms with Gasteiger partial charge in [0, 0.05) is 13.1 Å². The normalized spacial score (nSPS) is 23.1. The molecule has 1 aliphatic heterocycles. The van der Waals surface area contributed by atoms with Gasteiger partial charge in [-0.2, -0.15) is 0 Å². The first-order valence-electron chi connectivity index (χ1n) is 10.4. The number of allylic oxidation sites excluding steroid dienone is 1. The number of hydrogen-bond donors (Lipinski definition) is 1. The Kier molecular flexibility index (Phi) is 6.83. The van der Waals surface area contributed by atoms with E-state index in [2.05, 4.69) is 24.8 Å². The molecular formula is C26H31NO2. The number of piperidine rings is 1. The lowest BCUT2D eigenvalue weighted by Gasteiger charge is -2.41. The molecule has 2 atom stereocenters. The van der Waals surface area contributed by atoms with Crippen molar-refractivity contribution in [3.63, 3.8) is 0 Å². The topological polar surface area (TPSA) is 40.5 Å². The molecule has 3 nitrogen and oxygen atoms in total. The number of nitrogens with zero attached hydrogens (tertiary/aromatic N) is 1. The Labute approximate surface area is 174 Å². The van der Waals surface area contributed by atoms with Gasteiger partial charge in [0.2, 0.25) is 0 Å². The molecule has 152 valence electrons. The van der Waals surface area contributed by atoms with Gasteiger partial charge in [-0.25, -0.2) is 0 Å². The predicted molar refractivity (Wildman–Crippen MR) is 121 cm³/mol. The van der Waals surface area contributed by atoms with E-state index in [1.165, 1.54) is 0 Å². The zero-order chi connectivity index (χ0) is 20.9. The quantitative estimate of drug-likeness (QED) is 0.730. The fourth-order valence-electron chi connectivity index (χ4n) is 3.91. The number of ketones is 1. The van der Waals surface area contributed by atoms with Gasteiger partial charge in [-0.1, -0.05) is 73.7 Å². The number of benzene rings is 2. The maximum Gasteiger partial charge on any atom is 0.163 e. The van der Waals surface area contributed by atoms with Crippen LogP contribution in [0.2, 0.25) is 0 Å². The minimum Gasteiger partial charge on any atom is -0.385 e. The van der Waals surface area contributed by atoms with Gasteiger partial charge in [0.25, 0.3) is 0 Å². The number of likely N-dealkylation sites (tertiary alicyclic amines) is 1. The first-order valence-corrected chi connectivity index (χ1v) is 10.4. The van der Waals surface area contributed by atoms with Crippen molar-refractivity contribution in [2.45, 2.75) is 32.8 Å². The van der Waals surface area contributed by atoms with E-state index in [9.17, 15) is 9.90 Å². The molecule has 0 saturated carbocycles. The monoisotopic (exact) mass is 389 g/mol. The zero-order valence-corrected chi connectivity index (χ0v) is 17.6. The average Bonchev–Trinajstić information content (AvgIpc) is 2.73. The van der Waals surface area contributed by atoms with Crippen LogP contribution in [0.4, 0.5) is 0 Å². The Morgan fingerprint density at radius 1 is 1.07 bits per heavy atom. The van der Waals surface area contributed by atoms with Crippen LogP contribution in [0.5, 0.6) is 0 Å². The van der Waals surface area contributed by atoms with Crippen LogP contribution in [0, 0.1) is 19.8 Å². The summed E-state index contributed by atoms with van der Waals surface area (Å²) in [4.78, 5) is 15.4. The summed E-state index contributed by atoms with van der Waals surface area (Å²) in [5.41, 5.74) is 3.25. The highest BCUT2D eigenvalue weighted by Crippen LogP contribution is 2.32. The number of carbonyl (C=O) groups is 1. The van der Waals surface area contributed by atoms with Crippen molar-refractivity contribution in [3.8, 4) is 0 Å². The predicted octanol–water partition coefficient (Wildman–Crippen LogP) is 4.67. The third-order valence-corrected chi connectivity index (χ3v) is 6.02. The minimum absolute atomic E-state index is 0.0247. The maximum absolute atomic E-state index is 13.1. The molecule has 0 aromatic heterocycles. The van der Waals surface area contributed by atoms with Crippen LogP contribution in [-0.4, -0.2) is 41.0 Å². The largest absolute Gasteiger partial charge is 0.385 e. The lowest BCUT2D eigenvalue weighted by molar-refractivity contribution is -0.129. The summed E-state index contributed by atoms with van der Waals surface area (Å²) >= 11 is 0. The third kappa shape index (κ3) is 5.11. The van der Waals surface area contributed by atoms with Crippen molar-refractivity contribution in [2.75, 3.05) is 19.6 Å². The van der Waals surface area contributed by atoms with E-state index in [1.807, 2.05) is 67.6 Å². The highest BCUT2D eigenvalue weighted by molar-refractivity contribution is 5.96. The molecule has 0 amide bonds. The second kappa shape index (κ2) is 9.34. The maximum atomic E-state index is 13.1. The van der Waals surface area contributed by atoms with Crippen molar-refractivity contribution in [1.29, 1.82) is 0 Å². The molecule has 0 spiro atoms. The summed E-state index contributed by atoms with van der Waals surface area (Å²) in [7, 11) is 0. The Morgan fingerprint density at radius 2 is 1.66 bits per heavy atom. The molecule has 3 heteroatoms. The summed E-state index contributed by atoms with van der Waals surface area (Å²) in [6.45, 7) is 8.42. The molecule has 0 aliphatic carbocycles. The molecule has 1 fully saturated rings. The molecular weight excluding hydrogens is 358 g/mol. The van der Waals surface area contributed by atoms with Gasteiger partial charge in [0.05, 0.1) is 11.5 Å². The van der Waals surface area contributed by atoms with Gasteiger partial charge < -0.3 is 10.0 Å². The molecule has 1 N–H and O–H groups in total. The smallest absolute Gasteiger partial charge is 0.163 e. The summed E-state index contributed by atoms with van der Waals surface area (Å²) < 4.78 is 0. The molecule has 1 heterocycles. The van der Waals surface area contributed by atoms with Gasteiger partial charge in [0.1, 0.15) is 0 Å². The average molecular weight is 390 g/mol. The first kappa shape index (κ1) is 21.2. The number of carbonyl (C=O) groups excluding carboxylic acids is 1. The fraction of sp³-hybridized carbons (Fsp3) is 0.346. The first-order chi connectivity index (χ1) is 13.9. The van der Waals surface area contributed by atoms with E-state index in [-0.39, 0.29) is 5.78 Å². The number of rotatable bonds is 6. The lowest BCUT2D eigenvalue weighted by atomic mass is 9.77. The van der Waals surface area contributed by atoms with Crippen molar-refractivity contribution in [1.82, 2.24) is 4.90 Å². The molecule has 0 radical (unpaired) electrons. The van der Waals surface area contributed by atoms with Crippen LogP contribution in [0.3, 0.4) is 0 Å². The molecule has 1 saturated heterocycles. The van der Waals surface area contributed by atoms with Gasteiger partial charge in [-0.15, -0.1) is 0 Å². The summed E-state index contributed by atoms with van der Waals surface area (Å²) in [5.74, 6) is -0.500. The van der Waals surface area contributed by atoms with Crippen molar-refractivity contribution < 1.29 is 9.90 Å². The second-order valence-corrected chi connectivity index (χ2v) is 7.97. The summed E-state index contributed by atoms with van der Waals surface area (Å²) in [6, 6.07) is 16.1. The standard InChI is InChI=1S/C26H31NO2/c1-4-27-18-17-26(29,16-15-23-12-8-6-10-21(23)3)24(19-27)25(28)14-13-22-11-7-5-9-20(22)2/h5-16,24,29H,4,17-19H2,1-3H3/b14-13+,16-15-/t24-,26+/m0/s1. The third-order valence-electron chi connectivity index (χ3n) is 6.02. The molecule has 3 rings (SSSR count). The van der Waals surface area contributed by atoms with Crippen molar-refractivity contribution >= 4 is 17.9 Å². The van der Waals surface area contributed by atoms with Gasteiger partial charge in [0.15, 0.2) is 5.78 Å². The van der Waals surface area contributed by atoms with E-state index in [0.29, 0.717) is 13.0 Å². The number of aliphatic hydroxyl groups is 1. The SMILES string of the molecule is CCN1CC[C@](O)(/C=C\c2ccccc2C)[C@H](C(=O)/C=C/c2ccccc2C)C1. The van der Waals surface area contributed by atoms with E-state index < -0.39 is 11.5 Å². The molecule has 0 bridgehead atoms. The fourth-order valence-corrected chi connectivity index (χ4v) is 3.91. The van der Waals surface area contributed by atoms with E-state index >= 15 is 0 Å². The van der Waals surface area contributed by atoms with E-state index in [1.54, 1.807) is 6.08 Å². The van der Waals surface area contributed by atoms with Crippen LogP contribution >= 0.6 is 0 Å². The lowest BCUT2D eigenvalue weighted by Crippen LogP contribution is -2.53. The molecule has 2 aromatic carbocycles. The van der Waals surface area contributed by atoms with Crippen molar-refractivity contribution in [3.05, 3.63) is 82.9 Å². The highest BCUT2D eigenvalue weighted by Gasteiger charge is 2.42. The van der Waals surface area contributed by atoms with Crippen LogP contribution in [-0.2, 0) is 4.79 Å². The van der Waals surface area contributed by atoms with Gasteiger partial charge >= 0.3 is 0 Å². The van der Waals surface area contributed by atoms with E-state index in [4.69, 9.17) is 0 Å². The summed E-state index contributed by atoms with van der Waals surface area (Å²) in [6.07, 6.45) is 7.86. The number of hydrogen-bond acceptors (Lipinski definition) is 3. The Bertz CT molecular complexity index is 914. The minimum atomic E-state index is -1.14. The molecule has 2 aromatic rings. The van der Waals surface area contributed by atoms with Crippen LogP contribution in [0.1, 0.15) is 35.6 Å². The molecule has 29 heavy (non-hydrogen) atoms. The summed E-state index contributed by atoms with van der Waals surface area (Å²) in [5, 5.41) is 11.5. The van der Waals surface area contributed by atoms with Crippen LogP contribution < -0.4 is 0 Å². The van der Waals surface area contributed by atoms with Crippen LogP contribution in [0.25, 0.3) is 12.2 Å². The highest BCUT2D eigenvalue weighted by atomic mass is 16.3. The van der Waals surface area contributed by atoms with Crippen LogP contribution in [0.15, 0.2) is 60.7 Å². The Balaban J connectivity index is 1.85. The zero-order valence-electron chi connectivity index (χ0n) is 17.6. The van der Waals surface area contributed by atoms with Gasteiger partial charge in [-0.05, 0) is 55.1 Å².